The van der Waals surface area contributed by atoms with Crippen molar-refractivity contribution >= 4 is 21.9 Å². The molecule has 1 saturated carbocycles. The first-order valence-corrected chi connectivity index (χ1v) is 11.0. The van der Waals surface area contributed by atoms with Crippen molar-refractivity contribution < 1.29 is 22.7 Å². The SMILES string of the molecule is CCS(=O)(=O)N1CCC(C(=O)OCC(=O)NC2CCCCCC2)CC1. The third kappa shape index (κ3) is 6.26. The van der Waals surface area contributed by atoms with E-state index in [0.29, 0.717) is 25.9 Å². The van der Waals surface area contributed by atoms with Crippen LogP contribution in [0.1, 0.15) is 58.3 Å². The second-order valence-corrected chi connectivity index (χ2v) is 9.20. The van der Waals surface area contributed by atoms with Gasteiger partial charge in [0.05, 0.1) is 11.7 Å². The number of sulfonamides is 1. The molecule has 25 heavy (non-hydrogen) atoms. The molecule has 1 N–H and O–H groups in total. The number of carbonyl (C=O) groups is 2. The number of piperidine rings is 1. The average Bonchev–Trinajstić information content (AvgIpc) is 2.88. The highest BCUT2D eigenvalue weighted by Crippen LogP contribution is 2.21. The Morgan fingerprint density at radius 3 is 2.20 bits per heavy atom. The van der Waals surface area contributed by atoms with E-state index in [0.717, 1.165) is 25.7 Å². The molecule has 1 aliphatic heterocycles. The molecule has 2 aliphatic rings. The van der Waals surface area contributed by atoms with Crippen molar-refractivity contribution in [1.82, 2.24) is 9.62 Å². The molecule has 2 rings (SSSR count). The van der Waals surface area contributed by atoms with Gasteiger partial charge in [-0.3, -0.25) is 9.59 Å². The zero-order valence-electron chi connectivity index (χ0n) is 15.0. The van der Waals surface area contributed by atoms with Crippen LogP contribution in [0.15, 0.2) is 0 Å². The van der Waals surface area contributed by atoms with Gasteiger partial charge in [0.15, 0.2) is 6.61 Å². The maximum Gasteiger partial charge on any atom is 0.309 e. The molecule has 0 bridgehead atoms. The number of ether oxygens (including phenoxy) is 1. The van der Waals surface area contributed by atoms with E-state index in [1.54, 1.807) is 6.92 Å². The Hall–Kier alpha value is -1.15. The summed E-state index contributed by atoms with van der Waals surface area (Å²) in [6.07, 6.45) is 7.56. The normalized spacial score (nSPS) is 21.5. The molecule has 0 atom stereocenters. The maximum absolute atomic E-state index is 12.1. The van der Waals surface area contributed by atoms with Crippen LogP contribution in [-0.4, -0.2) is 56.1 Å². The molecule has 0 unspecified atom stereocenters. The van der Waals surface area contributed by atoms with Crippen LogP contribution in [-0.2, 0) is 24.3 Å². The second-order valence-electron chi connectivity index (χ2n) is 6.94. The van der Waals surface area contributed by atoms with E-state index in [1.807, 2.05) is 0 Å². The Morgan fingerprint density at radius 2 is 1.64 bits per heavy atom. The molecule has 1 amide bonds. The number of hydrogen-bond acceptors (Lipinski definition) is 5. The number of rotatable bonds is 6. The smallest absolute Gasteiger partial charge is 0.309 e. The van der Waals surface area contributed by atoms with Gasteiger partial charge in [-0.25, -0.2) is 12.7 Å². The average molecular weight is 375 g/mol. The van der Waals surface area contributed by atoms with Crippen LogP contribution in [0.2, 0.25) is 0 Å². The molecule has 7 nitrogen and oxygen atoms in total. The lowest BCUT2D eigenvalue weighted by molar-refractivity contribution is -0.153. The largest absolute Gasteiger partial charge is 0.455 e. The van der Waals surface area contributed by atoms with Crippen molar-refractivity contribution in [3.63, 3.8) is 0 Å². The standard InChI is InChI=1S/C17H30N2O5S/c1-2-25(22,23)19-11-9-14(10-12-19)17(21)24-13-16(20)18-15-7-5-3-4-6-8-15/h14-15H,2-13H2,1H3,(H,18,20). The minimum absolute atomic E-state index is 0.0729. The highest BCUT2D eigenvalue weighted by Gasteiger charge is 2.31. The van der Waals surface area contributed by atoms with Gasteiger partial charge in [0.25, 0.3) is 5.91 Å². The van der Waals surface area contributed by atoms with E-state index in [1.165, 1.54) is 17.1 Å². The number of nitrogens with zero attached hydrogens (tertiary/aromatic N) is 1. The second kappa shape index (κ2) is 9.52. The molecule has 0 aromatic heterocycles. The fourth-order valence-corrected chi connectivity index (χ4v) is 4.63. The van der Waals surface area contributed by atoms with E-state index in [2.05, 4.69) is 5.32 Å². The molecule has 1 heterocycles. The summed E-state index contributed by atoms with van der Waals surface area (Å²) in [7, 11) is -3.20. The fraction of sp³-hybridized carbons (Fsp3) is 0.882. The predicted molar refractivity (Wildman–Crippen MR) is 94.3 cm³/mol. The molecule has 0 aromatic carbocycles. The molecular weight excluding hydrogens is 344 g/mol. The summed E-state index contributed by atoms with van der Waals surface area (Å²) in [5, 5.41) is 2.95. The van der Waals surface area contributed by atoms with Crippen LogP contribution in [0.5, 0.6) is 0 Å². The Labute approximate surface area is 150 Å². The minimum atomic E-state index is -3.20. The lowest BCUT2D eigenvalue weighted by Gasteiger charge is -2.29. The molecule has 1 aliphatic carbocycles. The van der Waals surface area contributed by atoms with Crippen molar-refractivity contribution in [2.24, 2.45) is 5.92 Å². The van der Waals surface area contributed by atoms with Gasteiger partial charge in [0.1, 0.15) is 0 Å². The van der Waals surface area contributed by atoms with Gasteiger partial charge in [0.2, 0.25) is 10.0 Å². The number of esters is 1. The fourth-order valence-electron chi connectivity index (χ4n) is 3.50. The summed E-state index contributed by atoms with van der Waals surface area (Å²) in [5.41, 5.74) is 0. The Morgan fingerprint density at radius 1 is 1.04 bits per heavy atom. The van der Waals surface area contributed by atoms with Gasteiger partial charge in [-0.2, -0.15) is 0 Å². The van der Waals surface area contributed by atoms with Crippen LogP contribution >= 0.6 is 0 Å². The van der Waals surface area contributed by atoms with Crippen LogP contribution in [0.25, 0.3) is 0 Å². The summed E-state index contributed by atoms with van der Waals surface area (Å²) in [6.45, 7) is 2.04. The molecular formula is C17H30N2O5S. The summed E-state index contributed by atoms with van der Waals surface area (Å²) in [4.78, 5) is 24.1. The third-order valence-corrected chi connectivity index (χ3v) is 6.99. The van der Waals surface area contributed by atoms with Gasteiger partial charge < -0.3 is 10.1 Å². The zero-order valence-corrected chi connectivity index (χ0v) is 15.9. The Kier molecular flexibility index (Phi) is 7.68. The highest BCUT2D eigenvalue weighted by molar-refractivity contribution is 7.89. The molecule has 0 radical (unpaired) electrons. The summed E-state index contributed by atoms with van der Waals surface area (Å²) >= 11 is 0. The van der Waals surface area contributed by atoms with Gasteiger partial charge in [-0.15, -0.1) is 0 Å². The molecule has 1 saturated heterocycles. The quantitative estimate of drug-likeness (QED) is 0.561. The minimum Gasteiger partial charge on any atom is -0.455 e. The Bertz CT molecular complexity index is 547. The molecule has 144 valence electrons. The van der Waals surface area contributed by atoms with Crippen molar-refractivity contribution in [2.45, 2.75) is 64.3 Å². The van der Waals surface area contributed by atoms with Gasteiger partial charge in [0, 0.05) is 19.1 Å². The maximum atomic E-state index is 12.1. The summed E-state index contributed by atoms with van der Waals surface area (Å²) in [6, 6.07) is 0.191. The lowest BCUT2D eigenvalue weighted by Crippen LogP contribution is -2.42. The van der Waals surface area contributed by atoms with Crippen LogP contribution in [0, 0.1) is 5.92 Å². The van der Waals surface area contributed by atoms with Gasteiger partial charge in [-0.1, -0.05) is 25.7 Å². The first kappa shape index (κ1) is 20.2. The first-order valence-electron chi connectivity index (χ1n) is 9.36. The zero-order chi connectivity index (χ0) is 18.3. The van der Waals surface area contributed by atoms with E-state index < -0.39 is 16.0 Å². The van der Waals surface area contributed by atoms with Crippen LogP contribution < -0.4 is 5.32 Å². The summed E-state index contributed by atoms with van der Waals surface area (Å²) < 4.78 is 30.2. The number of nitrogens with one attached hydrogen (secondary N) is 1. The highest BCUT2D eigenvalue weighted by atomic mass is 32.2. The van der Waals surface area contributed by atoms with Crippen molar-refractivity contribution in [2.75, 3.05) is 25.4 Å². The van der Waals surface area contributed by atoms with E-state index in [9.17, 15) is 18.0 Å². The van der Waals surface area contributed by atoms with Gasteiger partial charge >= 0.3 is 5.97 Å². The van der Waals surface area contributed by atoms with Crippen LogP contribution in [0.3, 0.4) is 0 Å². The predicted octanol–water partition coefficient (Wildman–Crippen LogP) is 1.43. The molecule has 0 spiro atoms. The topological polar surface area (TPSA) is 92.8 Å². The molecule has 0 aromatic rings. The lowest BCUT2D eigenvalue weighted by atomic mass is 9.98. The number of amides is 1. The van der Waals surface area contributed by atoms with Crippen molar-refractivity contribution in [3.8, 4) is 0 Å². The van der Waals surface area contributed by atoms with E-state index in [4.69, 9.17) is 4.74 Å². The number of carbonyl (C=O) groups excluding carboxylic acids is 2. The molecule has 8 heteroatoms. The Balaban J connectivity index is 1.69. The third-order valence-electron chi connectivity index (χ3n) is 5.11. The van der Waals surface area contributed by atoms with Crippen LogP contribution in [0.4, 0.5) is 0 Å². The monoisotopic (exact) mass is 374 g/mol. The molecule has 2 fully saturated rings. The summed E-state index contributed by atoms with van der Waals surface area (Å²) in [5.74, 6) is -0.895. The van der Waals surface area contributed by atoms with E-state index in [-0.39, 0.29) is 30.2 Å². The van der Waals surface area contributed by atoms with E-state index >= 15 is 0 Å². The van der Waals surface area contributed by atoms with Crippen molar-refractivity contribution in [3.05, 3.63) is 0 Å². The first-order chi connectivity index (χ1) is 11.9. The van der Waals surface area contributed by atoms with Gasteiger partial charge in [-0.05, 0) is 32.6 Å². The number of hydrogen-bond donors (Lipinski definition) is 1. The van der Waals surface area contributed by atoms with Crippen molar-refractivity contribution in [1.29, 1.82) is 0 Å².